The predicted molar refractivity (Wildman–Crippen MR) is 264 cm³/mol. The number of benzene rings is 9. The van der Waals surface area contributed by atoms with Crippen LogP contribution >= 0.6 is 0 Å². The molecule has 64 heavy (non-hydrogen) atoms. The number of para-hydroxylation sites is 4. The van der Waals surface area contributed by atoms with E-state index in [9.17, 15) is 0 Å². The van der Waals surface area contributed by atoms with E-state index >= 15 is 0 Å². The Morgan fingerprint density at radius 3 is 1.81 bits per heavy atom. The zero-order valence-corrected chi connectivity index (χ0v) is 34.5. The van der Waals surface area contributed by atoms with Crippen LogP contribution in [0.1, 0.15) is 0 Å². The molecule has 13 aromatic rings. The molecule has 4 aromatic heterocycles. The van der Waals surface area contributed by atoms with Crippen molar-refractivity contribution in [3.8, 4) is 62.0 Å². The van der Waals surface area contributed by atoms with Crippen molar-refractivity contribution in [2.75, 3.05) is 0 Å². The average Bonchev–Trinajstić information content (AvgIpc) is 3.93. The topological polar surface area (TPSA) is 56.7 Å². The highest BCUT2D eigenvalue weighted by Gasteiger charge is 2.21. The summed E-state index contributed by atoms with van der Waals surface area (Å²) in [6.45, 7) is 0. The van der Waals surface area contributed by atoms with Gasteiger partial charge in [0.1, 0.15) is 11.2 Å². The first kappa shape index (κ1) is 36.0. The fourth-order valence-electron chi connectivity index (χ4n) is 9.64. The largest absolute Gasteiger partial charge is 0.455 e. The number of hydrogen-bond donors (Lipinski definition) is 0. The van der Waals surface area contributed by atoms with Gasteiger partial charge in [0.15, 0.2) is 5.82 Å². The Hall–Kier alpha value is -8.67. The molecule has 0 saturated heterocycles. The number of hydrogen-bond acceptors (Lipinski definition) is 4. The van der Waals surface area contributed by atoms with Crippen molar-refractivity contribution in [1.82, 2.24) is 19.5 Å². The highest BCUT2D eigenvalue weighted by molar-refractivity contribution is 6.29. The van der Waals surface area contributed by atoms with E-state index in [4.69, 9.17) is 19.4 Å². The zero-order valence-electron chi connectivity index (χ0n) is 34.5. The average molecular weight is 817 g/mol. The van der Waals surface area contributed by atoms with Crippen molar-refractivity contribution in [3.63, 3.8) is 0 Å². The number of aromatic nitrogens is 4. The first-order chi connectivity index (χ1) is 31.7. The van der Waals surface area contributed by atoms with Gasteiger partial charge in [0.2, 0.25) is 0 Å². The first-order valence-corrected chi connectivity index (χ1v) is 21.6. The van der Waals surface area contributed by atoms with E-state index in [0.717, 1.165) is 94.4 Å². The second kappa shape index (κ2) is 14.5. The van der Waals surface area contributed by atoms with Crippen molar-refractivity contribution in [2.24, 2.45) is 0 Å². The summed E-state index contributed by atoms with van der Waals surface area (Å²) < 4.78 is 8.86. The molecule has 0 radical (unpaired) electrons. The number of nitrogens with zero attached hydrogens (tertiary/aromatic N) is 4. The van der Waals surface area contributed by atoms with Crippen molar-refractivity contribution in [3.05, 3.63) is 218 Å². The maximum Gasteiger partial charge on any atom is 0.160 e. The molecular formula is C59H36N4O. The van der Waals surface area contributed by atoms with Gasteiger partial charge in [-0.3, -0.25) is 0 Å². The van der Waals surface area contributed by atoms with Gasteiger partial charge >= 0.3 is 0 Å². The van der Waals surface area contributed by atoms with Crippen LogP contribution in [0.15, 0.2) is 223 Å². The number of fused-ring (bicyclic) bond motifs is 10. The Labute approximate surface area is 368 Å². The summed E-state index contributed by atoms with van der Waals surface area (Å²) in [5, 5.41) is 8.07. The molecule has 0 N–H and O–H groups in total. The van der Waals surface area contributed by atoms with Gasteiger partial charge in [-0.1, -0.05) is 170 Å². The van der Waals surface area contributed by atoms with E-state index in [-0.39, 0.29) is 0 Å². The Balaban J connectivity index is 0.966. The maximum absolute atomic E-state index is 6.47. The molecule has 9 aromatic carbocycles. The summed E-state index contributed by atoms with van der Waals surface area (Å²) in [4.78, 5) is 15.7. The molecule has 0 aliphatic heterocycles. The predicted octanol–water partition coefficient (Wildman–Crippen LogP) is 15.5. The van der Waals surface area contributed by atoms with E-state index in [1.165, 1.54) is 27.2 Å². The van der Waals surface area contributed by atoms with Crippen LogP contribution in [0.3, 0.4) is 0 Å². The molecule has 5 nitrogen and oxygen atoms in total. The molecule has 0 bridgehead atoms. The van der Waals surface area contributed by atoms with E-state index in [0.29, 0.717) is 5.82 Å². The summed E-state index contributed by atoms with van der Waals surface area (Å²) in [7, 11) is 0. The third kappa shape index (κ3) is 5.75. The summed E-state index contributed by atoms with van der Waals surface area (Å²) in [6, 6.07) is 76.6. The van der Waals surface area contributed by atoms with E-state index < -0.39 is 0 Å². The minimum atomic E-state index is 0.660. The van der Waals surface area contributed by atoms with Gasteiger partial charge in [0.25, 0.3) is 0 Å². The van der Waals surface area contributed by atoms with Crippen molar-refractivity contribution < 1.29 is 4.42 Å². The molecule has 0 aliphatic carbocycles. The second-order valence-electron chi connectivity index (χ2n) is 16.3. The molecule has 298 valence electrons. The summed E-state index contributed by atoms with van der Waals surface area (Å²) in [6.07, 6.45) is 0. The summed E-state index contributed by atoms with van der Waals surface area (Å²) >= 11 is 0. The molecule has 0 amide bonds. The summed E-state index contributed by atoms with van der Waals surface area (Å²) in [5.41, 5.74) is 14.9. The van der Waals surface area contributed by atoms with Crippen LogP contribution in [0, 0.1) is 0 Å². The lowest BCUT2D eigenvalue weighted by atomic mass is 9.94. The quantitative estimate of drug-likeness (QED) is 0.157. The lowest BCUT2D eigenvalue weighted by Gasteiger charge is -2.14. The third-order valence-corrected chi connectivity index (χ3v) is 12.6. The van der Waals surface area contributed by atoms with Gasteiger partial charge < -0.3 is 8.98 Å². The van der Waals surface area contributed by atoms with Crippen LogP contribution in [-0.4, -0.2) is 19.5 Å². The minimum absolute atomic E-state index is 0.660. The van der Waals surface area contributed by atoms with Gasteiger partial charge in [-0.15, -0.1) is 0 Å². The molecular weight excluding hydrogens is 781 g/mol. The van der Waals surface area contributed by atoms with Gasteiger partial charge in [-0.2, -0.15) is 0 Å². The molecule has 0 fully saturated rings. The van der Waals surface area contributed by atoms with Crippen molar-refractivity contribution in [1.29, 1.82) is 0 Å². The van der Waals surface area contributed by atoms with Gasteiger partial charge in [-0.05, 0) is 59.7 Å². The van der Waals surface area contributed by atoms with Crippen LogP contribution in [-0.2, 0) is 0 Å². The van der Waals surface area contributed by atoms with E-state index in [2.05, 4.69) is 187 Å². The third-order valence-electron chi connectivity index (χ3n) is 12.6. The van der Waals surface area contributed by atoms with Crippen molar-refractivity contribution >= 4 is 65.4 Å². The van der Waals surface area contributed by atoms with Crippen LogP contribution in [0.4, 0.5) is 0 Å². The van der Waals surface area contributed by atoms with Crippen LogP contribution < -0.4 is 0 Å². The first-order valence-electron chi connectivity index (χ1n) is 21.6. The molecule has 0 aliphatic rings. The summed E-state index contributed by atoms with van der Waals surface area (Å²) in [5.74, 6) is 0.660. The molecule has 0 unspecified atom stereocenters. The Morgan fingerprint density at radius 1 is 0.359 bits per heavy atom. The zero-order chi connectivity index (χ0) is 42.1. The maximum atomic E-state index is 6.47. The number of furan rings is 1. The molecule has 0 saturated carbocycles. The van der Waals surface area contributed by atoms with E-state index in [1.54, 1.807) is 0 Å². The van der Waals surface area contributed by atoms with Crippen LogP contribution in [0.5, 0.6) is 0 Å². The molecule has 0 spiro atoms. The Kier molecular flexibility index (Phi) is 8.15. The highest BCUT2D eigenvalue weighted by Crippen LogP contribution is 2.43. The fraction of sp³-hybridized carbons (Fsp3) is 0. The Bertz CT molecular complexity index is 3930. The SMILES string of the molecule is c1ccc(-c2nc(-c3ccc(-c4ccc5c(c4)nc(-c4ccccc4)c4ccc6c(c7ccccc7n6-c6ccccc6)c45)cc3)cc(-c3cccc4c3oc3ccccc34)n2)cc1. The van der Waals surface area contributed by atoms with E-state index in [1.807, 2.05) is 36.4 Å². The Morgan fingerprint density at radius 2 is 1.00 bits per heavy atom. The van der Waals surface area contributed by atoms with Gasteiger partial charge in [0.05, 0.1) is 33.6 Å². The lowest BCUT2D eigenvalue weighted by Crippen LogP contribution is -1.96. The normalized spacial score (nSPS) is 11.8. The van der Waals surface area contributed by atoms with Crippen LogP contribution in [0.25, 0.3) is 127 Å². The standard InChI is InChI=1S/C59H36N4O/c1-4-15-39(16-5-1)57-48-33-34-53-56(47-22-10-12-25-52(47)63(53)42-19-8-3-9-20-42)55(48)45-32-31-41(35-50(45)60-57)37-27-29-38(30-28-37)49-36-51(62-59(61-49)40-17-6-2-7-18-40)46-24-14-23-44-43-21-11-13-26-54(43)64-58(44)46/h1-36H. The minimum Gasteiger partial charge on any atom is -0.455 e. The van der Waals surface area contributed by atoms with Crippen molar-refractivity contribution in [2.45, 2.75) is 0 Å². The monoisotopic (exact) mass is 816 g/mol. The molecule has 4 heterocycles. The lowest BCUT2D eigenvalue weighted by molar-refractivity contribution is 0.670. The van der Waals surface area contributed by atoms with Gasteiger partial charge in [0, 0.05) is 65.6 Å². The molecule has 0 atom stereocenters. The van der Waals surface area contributed by atoms with Crippen LogP contribution in [0.2, 0.25) is 0 Å². The van der Waals surface area contributed by atoms with Gasteiger partial charge in [-0.25, -0.2) is 15.0 Å². The molecule has 5 heteroatoms. The highest BCUT2D eigenvalue weighted by atomic mass is 16.3. The second-order valence-corrected chi connectivity index (χ2v) is 16.3. The number of pyridine rings is 1. The smallest absolute Gasteiger partial charge is 0.160 e. The number of rotatable bonds is 6. The molecule has 13 rings (SSSR count). The fourth-order valence-corrected chi connectivity index (χ4v) is 9.64.